The van der Waals surface area contributed by atoms with Crippen molar-refractivity contribution in [3.63, 3.8) is 0 Å². The SMILES string of the molecule is C#CC(NCC)C1CSCCS1. The van der Waals surface area contributed by atoms with Crippen LogP contribution in [0.2, 0.25) is 0 Å². The van der Waals surface area contributed by atoms with Crippen LogP contribution in [0.25, 0.3) is 0 Å². The van der Waals surface area contributed by atoms with Crippen molar-refractivity contribution in [1.29, 1.82) is 0 Å². The molecular weight excluding hydrogens is 186 g/mol. The number of hydrogen-bond donors (Lipinski definition) is 1. The maximum Gasteiger partial charge on any atom is 0.0815 e. The van der Waals surface area contributed by atoms with Crippen molar-refractivity contribution in [2.24, 2.45) is 0 Å². The first kappa shape index (κ1) is 10.3. The smallest absolute Gasteiger partial charge is 0.0815 e. The number of rotatable bonds is 3. The minimum atomic E-state index is 0.271. The summed E-state index contributed by atoms with van der Waals surface area (Å²) >= 11 is 4.03. The topological polar surface area (TPSA) is 12.0 Å². The van der Waals surface area contributed by atoms with Crippen molar-refractivity contribution >= 4 is 23.5 Å². The van der Waals surface area contributed by atoms with E-state index in [1.54, 1.807) is 0 Å². The van der Waals surface area contributed by atoms with Crippen LogP contribution in [0.3, 0.4) is 0 Å². The number of hydrogen-bond acceptors (Lipinski definition) is 3. The van der Waals surface area contributed by atoms with E-state index in [9.17, 15) is 0 Å². The molecule has 68 valence electrons. The van der Waals surface area contributed by atoms with Crippen LogP contribution in [-0.4, -0.2) is 35.1 Å². The fourth-order valence-electron chi connectivity index (χ4n) is 1.22. The molecule has 1 fully saturated rings. The van der Waals surface area contributed by atoms with Crippen molar-refractivity contribution in [3.8, 4) is 12.3 Å². The minimum absolute atomic E-state index is 0.271. The molecule has 0 saturated carbocycles. The maximum atomic E-state index is 5.45. The van der Waals surface area contributed by atoms with E-state index in [0.29, 0.717) is 5.25 Å². The zero-order chi connectivity index (χ0) is 8.81. The Hall–Kier alpha value is 0.220. The molecule has 3 heteroatoms. The third-order valence-electron chi connectivity index (χ3n) is 1.82. The monoisotopic (exact) mass is 201 g/mol. The lowest BCUT2D eigenvalue weighted by molar-refractivity contribution is 0.628. The molecule has 1 aliphatic rings. The summed E-state index contributed by atoms with van der Waals surface area (Å²) in [4.78, 5) is 0. The van der Waals surface area contributed by atoms with Crippen molar-refractivity contribution < 1.29 is 0 Å². The van der Waals surface area contributed by atoms with E-state index >= 15 is 0 Å². The van der Waals surface area contributed by atoms with Crippen LogP contribution in [0.15, 0.2) is 0 Å². The van der Waals surface area contributed by atoms with Crippen molar-refractivity contribution in [2.75, 3.05) is 23.8 Å². The summed E-state index contributed by atoms with van der Waals surface area (Å²) in [6.45, 7) is 3.07. The van der Waals surface area contributed by atoms with Gasteiger partial charge in [0.25, 0.3) is 0 Å². The van der Waals surface area contributed by atoms with Gasteiger partial charge in [-0.15, -0.1) is 6.42 Å². The van der Waals surface area contributed by atoms with E-state index < -0.39 is 0 Å². The highest BCUT2D eigenvalue weighted by atomic mass is 32.2. The van der Waals surface area contributed by atoms with Crippen LogP contribution in [-0.2, 0) is 0 Å². The number of nitrogens with one attached hydrogen (secondary N) is 1. The molecule has 2 unspecified atom stereocenters. The van der Waals surface area contributed by atoms with Crippen LogP contribution < -0.4 is 5.32 Å². The molecule has 12 heavy (non-hydrogen) atoms. The van der Waals surface area contributed by atoms with Crippen LogP contribution in [0.5, 0.6) is 0 Å². The average molecular weight is 201 g/mol. The van der Waals surface area contributed by atoms with Crippen LogP contribution in [0.4, 0.5) is 0 Å². The first-order valence-electron chi connectivity index (χ1n) is 4.27. The molecule has 1 nitrogen and oxygen atoms in total. The Bertz CT molecular complexity index is 158. The Labute approximate surface area is 83.4 Å². The van der Waals surface area contributed by atoms with Gasteiger partial charge in [-0.3, -0.25) is 0 Å². The third-order valence-corrected chi connectivity index (χ3v) is 4.68. The quantitative estimate of drug-likeness (QED) is 0.694. The maximum absolute atomic E-state index is 5.45. The molecule has 0 aromatic rings. The molecule has 1 heterocycles. The van der Waals surface area contributed by atoms with E-state index in [0.717, 1.165) is 6.54 Å². The largest absolute Gasteiger partial charge is 0.303 e. The number of thioether (sulfide) groups is 2. The lowest BCUT2D eigenvalue weighted by atomic mass is 10.2. The van der Waals surface area contributed by atoms with Gasteiger partial charge < -0.3 is 5.32 Å². The molecule has 1 rings (SSSR count). The van der Waals surface area contributed by atoms with Crippen LogP contribution >= 0.6 is 23.5 Å². The van der Waals surface area contributed by atoms with Crippen LogP contribution in [0, 0.1) is 12.3 Å². The molecule has 0 bridgehead atoms. The first-order valence-corrected chi connectivity index (χ1v) is 6.47. The van der Waals surface area contributed by atoms with Gasteiger partial charge >= 0.3 is 0 Å². The third kappa shape index (κ3) is 2.93. The van der Waals surface area contributed by atoms with E-state index in [4.69, 9.17) is 6.42 Å². The van der Waals surface area contributed by atoms with Gasteiger partial charge in [0.1, 0.15) is 0 Å². The Balaban J connectivity index is 2.36. The predicted molar refractivity (Wildman–Crippen MR) is 59.9 cm³/mol. The zero-order valence-corrected chi connectivity index (χ0v) is 9.01. The van der Waals surface area contributed by atoms with E-state index in [1.807, 2.05) is 23.5 Å². The van der Waals surface area contributed by atoms with E-state index in [-0.39, 0.29) is 6.04 Å². The standard InChI is InChI=1S/C9H15NS2/c1-3-8(10-4-2)9-7-11-5-6-12-9/h1,8-10H,4-7H2,2H3. The van der Waals surface area contributed by atoms with Gasteiger partial charge in [0.2, 0.25) is 0 Å². The second-order valence-corrected chi connectivity index (χ2v) is 5.18. The second kappa shape index (κ2) is 5.80. The molecule has 0 radical (unpaired) electrons. The summed E-state index contributed by atoms with van der Waals surface area (Å²) in [5.74, 6) is 6.56. The summed E-state index contributed by atoms with van der Waals surface area (Å²) in [5, 5.41) is 3.95. The second-order valence-electron chi connectivity index (χ2n) is 2.69. The van der Waals surface area contributed by atoms with Gasteiger partial charge in [-0.25, -0.2) is 0 Å². The molecule has 0 aromatic carbocycles. The number of terminal acetylenes is 1. The van der Waals surface area contributed by atoms with Gasteiger partial charge in [-0.1, -0.05) is 12.8 Å². The molecule has 1 saturated heterocycles. The molecule has 0 amide bonds. The van der Waals surface area contributed by atoms with Gasteiger partial charge in [0.05, 0.1) is 6.04 Å². The van der Waals surface area contributed by atoms with Crippen LogP contribution in [0.1, 0.15) is 6.92 Å². The highest BCUT2D eigenvalue weighted by molar-refractivity contribution is 8.06. The first-order chi connectivity index (χ1) is 5.88. The Morgan fingerprint density at radius 1 is 1.67 bits per heavy atom. The van der Waals surface area contributed by atoms with E-state index in [1.165, 1.54) is 17.3 Å². The highest BCUT2D eigenvalue weighted by Gasteiger charge is 2.21. The predicted octanol–water partition coefficient (Wildman–Crippen LogP) is 1.45. The molecule has 0 spiro atoms. The molecule has 0 aliphatic carbocycles. The molecule has 0 aromatic heterocycles. The van der Waals surface area contributed by atoms with Crippen molar-refractivity contribution in [1.82, 2.24) is 5.32 Å². The zero-order valence-electron chi connectivity index (χ0n) is 7.38. The highest BCUT2D eigenvalue weighted by Crippen LogP contribution is 2.26. The summed E-state index contributed by atoms with van der Waals surface area (Å²) in [6, 6.07) is 0.271. The molecular formula is C9H15NS2. The lowest BCUT2D eigenvalue weighted by Crippen LogP contribution is -2.39. The summed E-state index contributed by atoms with van der Waals surface area (Å²) < 4.78 is 0. The Morgan fingerprint density at radius 3 is 3.00 bits per heavy atom. The average Bonchev–Trinajstić information content (AvgIpc) is 2.15. The fraction of sp³-hybridized carbons (Fsp3) is 0.778. The molecule has 1 aliphatic heterocycles. The summed E-state index contributed by atoms with van der Waals surface area (Å²) in [6.07, 6.45) is 5.45. The molecule has 1 N–H and O–H groups in total. The van der Waals surface area contributed by atoms with Gasteiger partial charge in [-0.2, -0.15) is 23.5 Å². The normalized spacial score (nSPS) is 26.2. The minimum Gasteiger partial charge on any atom is -0.303 e. The summed E-state index contributed by atoms with van der Waals surface area (Å²) in [7, 11) is 0. The Kier molecular flexibility index (Phi) is 4.98. The summed E-state index contributed by atoms with van der Waals surface area (Å²) in [5.41, 5.74) is 0. The van der Waals surface area contributed by atoms with Crippen molar-refractivity contribution in [2.45, 2.75) is 18.2 Å². The Morgan fingerprint density at radius 2 is 2.50 bits per heavy atom. The van der Waals surface area contributed by atoms with E-state index in [2.05, 4.69) is 18.2 Å². The lowest BCUT2D eigenvalue weighted by Gasteiger charge is -2.26. The van der Waals surface area contributed by atoms with Gasteiger partial charge in [0.15, 0.2) is 0 Å². The van der Waals surface area contributed by atoms with Gasteiger partial charge in [0, 0.05) is 22.5 Å². The van der Waals surface area contributed by atoms with Crippen molar-refractivity contribution in [3.05, 3.63) is 0 Å². The fourth-order valence-corrected chi connectivity index (χ4v) is 4.01. The van der Waals surface area contributed by atoms with Gasteiger partial charge in [-0.05, 0) is 6.54 Å². The molecule has 2 atom stereocenters.